The Balaban J connectivity index is 1.06. The maximum Gasteiger partial charge on any atom is 0.160 e. The number of anilines is 6. The topological polar surface area (TPSA) is 37.2 Å². The fraction of sp³-hybridized carbons (Fsp3) is 0. The standard InChI is InChI=1S/C78H49N3O2/c1-7-24-50(25-8-1)54-42-44-58(52-28-11-3-12-29-52)66(46-54)79(56-32-15-5-16-33-56)68-48-64-60-36-19-21-40-70(60)82-77(64)75-72(68)62-38-23-39-63-73-69(49-65-61-37-20-22-41-71(61)83-78(65)76(73)81(75)74(62)63)80(57-34-17-6-18-35-57)67-47-55(51-26-9-2-10-27-51)43-45-59(67)53-30-13-4-14-31-53/h1-49H. The van der Waals surface area contributed by atoms with Crippen molar-refractivity contribution < 1.29 is 8.83 Å². The third-order valence-corrected chi connectivity index (χ3v) is 16.9. The van der Waals surface area contributed by atoms with Crippen LogP contribution in [0.4, 0.5) is 34.1 Å². The number of furan rings is 2. The van der Waals surface area contributed by atoms with E-state index in [9.17, 15) is 0 Å². The molecule has 5 nitrogen and oxygen atoms in total. The van der Waals surface area contributed by atoms with E-state index in [2.05, 4.69) is 311 Å². The Morgan fingerprint density at radius 1 is 0.241 bits per heavy atom. The fourth-order valence-corrected chi connectivity index (χ4v) is 13.2. The van der Waals surface area contributed by atoms with E-state index in [0.717, 1.165) is 161 Å². The van der Waals surface area contributed by atoms with Gasteiger partial charge in [-0.1, -0.05) is 237 Å². The van der Waals surface area contributed by atoms with E-state index >= 15 is 0 Å². The highest BCUT2D eigenvalue weighted by Crippen LogP contribution is 2.56. The van der Waals surface area contributed by atoms with Crippen LogP contribution < -0.4 is 9.80 Å². The number of rotatable bonds is 10. The van der Waals surface area contributed by atoms with E-state index in [1.54, 1.807) is 0 Å². The Kier molecular flexibility index (Phi) is 10.6. The molecule has 0 radical (unpaired) electrons. The monoisotopic (exact) mass is 1060 g/mol. The highest BCUT2D eigenvalue weighted by Gasteiger charge is 2.33. The van der Waals surface area contributed by atoms with Crippen LogP contribution in [0.3, 0.4) is 0 Å². The minimum Gasteiger partial charge on any atom is -0.454 e. The zero-order chi connectivity index (χ0) is 54.5. The van der Waals surface area contributed by atoms with Gasteiger partial charge in [0.15, 0.2) is 11.2 Å². The van der Waals surface area contributed by atoms with E-state index in [0.29, 0.717) is 0 Å². The van der Waals surface area contributed by atoms with Crippen molar-refractivity contribution in [2.75, 3.05) is 9.80 Å². The molecule has 0 aliphatic heterocycles. The van der Waals surface area contributed by atoms with E-state index in [1.165, 1.54) is 0 Å². The lowest BCUT2D eigenvalue weighted by molar-refractivity contribution is 0.670. The van der Waals surface area contributed by atoms with Gasteiger partial charge in [-0.05, 0) is 94.0 Å². The second-order valence-electron chi connectivity index (χ2n) is 21.5. The third kappa shape index (κ3) is 7.28. The molecule has 4 aromatic heterocycles. The summed E-state index contributed by atoms with van der Waals surface area (Å²) >= 11 is 0. The molecular formula is C78H49N3O2. The molecule has 13 aromatic carbocycles. The summed E-state index contributed by atoms with van der Waals surface area (Å²) in [5.74, 6) is 0. The minimum absolute atomic E-state index is 0.811. The highest BCUT2D eigenvalue weighted by molar-refractivity contribution is 6.36. The first-order chi connectivity index (χ1) is 41.2. The zero-order valence-electron chi connectivity index (χ0n) is 44.9. The third-order valence-electron chi connectivity index (χ3n) is 16.9. The summed E-state index contributed by atoms with van der Waals surface area (Å²) < 4.78 is 17.1. The number of fused-ring (bicyclic) bond motifs is 14. The zero-order valence-corrected chi connectivity index (χ0v) is 44.9. The summed E-state index contributed by atoms with van der Waals surface area (Å²) in [5.41, 5.74) is 21.6. The van der Waals surface area contributed by atoms with Crippen molar-refractivity contribution in [3.05, 3.63) is 297 Å². The molecule has 83 heavy (non-hydrogen) atoms. The van der Waals surface area contributed by atoms with Crippen LogP contribution in [0.15, 0.2) is 306 Å². The molecule has 0 fully saturated rings. The van der Waals surface area contributed by atoms with E-state index in [-0.39, 0.29) is 0 Å². The average molecular weight is 1060 g/mol. The van der Waals surface area contributed by atoms with Crippen LogP contribution >= 0.6 is 0 Å². The van der Waals surface area contributed by atoms with Gasteiger partial charge in [0, 0.05) is 65.6 Å². The molecule has 17 aromatic rings. The molecule has 0 unspecified atom stereocenters. The molecule has 0 spiro atoms. The number of hydrogen-bond acceptors (Lipinski definition) is 4. The summed E-state index contributed by atoms with van der Waals surface area (Å²) in [6.45, 7) is 0. The quantitative estimate of drug-likeness (QED) is 0.137. The number of para-hydroxylation sites is 5. The maximum absolute atomic E-state index is 7.32. The molecule has 0 N–H and O–H groups in total. The minimum atomic E-state index is 0.811. The maximum atomic E-state index is 7.32. The lowest BCUT2D eigenvalue weighted by Gasteiger charge is -2.30. The Bertz CT molecular complexity index is 4980. The first-order valence-electron chi connectivity index (χ1n) is 28.3. The van der Waals surface area contributed by atoms with Crippen molar-refractivity contribution in [3.8, 4) is 44.5 Å². The summed E-state index contributed by atoms with van der Waals surface area (Å²) in [7, 11) is 0. The van der Waals surface area contributed by atoms with Gasteiger partial charge in [0.1, 0.15) is 22.2 Å². The van der Waals surface area contributed by atoms with E-state index in [1.807, 2.05) is 0 Å². The molecule has 0 saturated carbocycles. The van der Waals surface area contributed by atoms with Gasteiger partial charge in [-0.3, -0.25) is 0 Å². The smallest absolute Gasteiger partial charge is 0.160 e. The molecule has 4 heterocycles. The summed E-state index contributed by atoms with van der Waals surface area (Å²) in [4.78, 5) is 4.99. The van der Waals surface area contributed by atoms with Crippen LogP contribution in [-0.2, 0) is 0 Å². The molecule has 0 saturated heterocycles. The van der Waals surface area contributed by atoms with Crippen molar-refractivity contribution in [1.29, 1.82) is 0 Å². The Morgan fingerprint density at radius 3 is 1.00 bits per heavy atom. The van der Waals surface area contributed by atoms with Gasteiger partial charge < -0.3 is 23.0 Å². The van der Waals surface area contributed by atoms with Crippen LogP contribution in [0.2, 0.25) is 0 Å². The molecule has 0 aliphatic carbocycles. The Morgan fingerprint density at radius 2 is 0.590 bits per heavy atom. The lowest BCUT2D eigenvalue weighted by atomic mass is 9.95. The first kappa shape index (κ1) is 46.7. The largest absolute Gasteiger partial charge is 0.454 e. The number of aromatic nitrogens is 1. The first-order valence-corrected chi connectivity index (χ1v) is 28.3. The molecule has 17 rings (SSSR count). The van der Waals surface area contributed by atoms with E-state index in [4.69, 9.17) is 8.83 Å². The van der Waals surface area contributed by atoms with Crippen molar-refractivity contribution >= 4 is 116 Å². The fourth-order valence-electron chi connectivity index (χ4n) is 13.2. The van der Waals surface area contributed by atoms with Crippen LogP contribution in [0.1, 0.15) is 0 Å². The van der Waals surface area contributed by atoms with Gasteiger partial charge in [-0.15, -0.1) is 0 Å². The van der Waals surface area contributed by atoms with Gasteiger partial charge in [-0.2, -0.15) is 0 Å². The molecule has 0 atom stereocenters. The average Bonchev–Trinajstić information content (AvgIpc) is 2.25. The van der Waals surface area contributed by atoms with Crippen molar-refractivity contribution in [2.24, 2.45) is 0 Å². The molecule has 388 valence electrons. The van der Waals surface area contributed by atoms with Crippen molar-refractivity contribution in [1.82, 2.24) is 4.40 Å². The van der Waals surface area contributed by atoms with Gasteiger partial charge >= 0.3 is 0 Å². The number of benzene rings is 13. The SMILES string of the molecule is c1ccc(-c2ccc(-c3ccccc3)c(N(c3ccccc3)c3cc4c5ccccc5oc4c4c3c3cccc5c6c(N(c7ccccc7)c7cc(-c8ccccc8)ccc7-c7ccccc7)cc7c8ccccc8oc7c6n4c35)c2)cc1. The molecule has 0 amide bonds. The molecule has 0 bridgehead atoms. The van der Waals surface area contributed by atoms with Gasteiger partial charge in [0.05, 0.1) is 28.3 Å². The second-order valence-corrected chi connectivity index (χ2v) is 21.5. The second kappa shape index (κ2) is 18.7. The van der Waals surface area contributed by atoms with Crippen LogP contribution in [-0.4, -0.2) is 4.40 Å². The van der Waals surface area contributed by atoms with Crippen molar-refractivity contribution in [3.63, 3.8) is 0 Å². The normalized spacial score (nSPS) is 11.9. The molecule has 5 heteroatoms. The number of hydrogen-bond donors (Lipinski definition) is 0. The van der Waals surface area contributed by atoms with Crippen LogP contribution in [0.25, 0.3) is 126 Å². The number of nitrogens with zero attached hydrogens (tertiary/aromatic N) is 3. The van der Waals surface area contributed by atoms with E-state index < -0.39 is 0 Å². The van der Waals surface area contributed by atoms with Gasteiger partial charge in [0.25, 0.3) is 0 Å². The summed E-state index contributed by atoms with van der Waals surface area (Å²) in [6.07, 6.45) is 0. The molecular weight excluding hydrogens is 1010 g/mol. The van der Waals surface area contributed by atoms with Crippen molar-refractivity contribution in [2.45, 2.75) is 0 Å². The van der Waals surface area contributed by atoms with Crippen LogP contribution in [0, 0.1) is 0 Å². The summed E-state index contributed by atoms with van der Waals surface area (Å²) in [5, 5.41) is 8.47. The van der Waals surface area contributed by atoms with Gasteiger partial charge in [0.2, 0.25) is 0 Å². The Hall–Kier alpha value is -11.1. The Labute approximate surface area is 478 Å². The predicted octanol–water partition coefficient (Wildman–Crippen LogP) is 22.2. The predicted molar refractivity (Wildman–Crippen MR) is 347 cm³/mol. The summed E-state index contributed by atoms with van der Waals surface area (Å²) in [6, 6.07) is 107. The van der Waals surface area contributed by atoms with Gasteiger partial charge in [-0.25, -0.2) is 0 Å². The molecule has 0 aliphatic rings. The lowest BCUT2D eigenvalue weighted by Crippen LogP contribution is -2.12. The highest BCUT2D eigenvalue weighted by atomic mass is 16.3. The van der Waals surface area contributed by atoms with Crippen LogP contribution in [0.5, 0.6) is 0 Å².